The Balaban J connectivity index is 1.42. The Morgan fingerprint density at radius 1 is 1.31 bits per heavy atom. The maximum Gasteiger partial charge on any atom is 0.417 e. The highest BCUT2D eigenvalue weighted by Crippen LogP contribution is 2.36. The first kappa shape index (κ1) is 25.6. The number of nitrogens with one attached hydrogen (secondary N) is 1. The molecule has 13 heteroatoms. The molecule has 3 heterocycles. The fourth-order valence-electron chi connectivity index (χ4n) is 3.69. The predicted octanol–water partition coefficient (Wildman–Crippen LogP) is 4.46. The Hall–Kier alpha value is -3.48. The lowest BCUT2D eigenvalue weighted by Crippen LogP contribution is -2.38. The molecule has 4 rings (SSSR count). The molecular weight excluding hydrogens is 503 g/mol. The van der Waals surface area contributed by atoms with Crippen molar-refractivity contribution in [2.24, 2.45) is 0 Å². The highest BCUT2D eigenvalue weighted by Gasteiger charge is 2.33. The van der Waals surface area contributed by atoms with Crippen LogP contribution in [0.5, 0.6) is 0 Å². The maximum absolute atomic E-state index is 12.9. The number of carbonyl (C=O) groups is 1. The topological polar surface area (TPSA) is 125 Å². The zero-order valence-electron chi connectivity index (χ0n) is 18.9. The van der Waals surface area contributed by atoms with E-state index < -0.39 is 35.5 Å². The van der Waals surface area contributed by atoms with E-state index in [1.807, 2.05) is 13.0 Å². The van der Waals surface area contributed by atoms with Crippen molar-refractivity contribution >= 4 is 28.9 Å². The minimum absolute atomic E-state index is 0.0962. The molecular formula is C23H21ClF3N5O4. The third-order valence-corrected chi connectivity index (χ3v) is 5.86. The van der Waals surface area contributed by atoms with Gasteiger partial charge in [0.2, 0.25) is 11.8 Å². The molecule has 3 aromatic rings. The molecule has 0 saturated carbocycles. The van der Waals surface area contributed by atoms with E-state index in [0.717, 1.165) is 35.0 Å². The summed E-state index contributed by atoms with van der Waals surface area (Å²) < 4.78 is 44.0. The van der Waals surface area contributed by atoms with Gasteiger partial charge in [0.1, 0.15) is 0 Å². The van der Waals surface area contributed by atoms with E-state index >= 15 is 0 Å². The van der Waals surface area contributed by atoms with E-state index in [1.54, 1.807) is 12.3 Å². The highest BCUT2D eigenvalue weighted by molar-refractivity contribution is 6.31. The molecule has 36 heavy (non-hydrogen) atoms. The molecule has 1 aromatic carbocycles. The third-order valence-electron chi connectivity index (χ3n) is 5.55. The minimum atomic E-state index is -4.57. The van der Waals surface area contributed by atoms with Crippen molar-refractivity contribution in [3.05, 3.63) is 64.3 Å². The van der Waals surface area contributed by atoms with Crippen LogP contribution in [0.15, 0.2) is 41.0 Å². The first-order valence-electron chi connectivity index (χ1n) is 10.8. The number of aryl methyl sites for hydroxylation is 1. The zero-order chi connectivity index (χ0) is 26.0. The molecule has 0 saturated heterocycles. The second-order valence-electron chi connectivity index (χ2n) is 8.08. The van der Waals surface area contributed by atoms with Crippen molar-refractivity contribution < 1.29 is 32.6 Å². The summed E-state index contributed by atoms with van der Waals surface area (Å²) in [6.45, 7) is 1.98. The number of anilines is 1. The van der Waals surface area contributed by atoms with Gasteiger partial charge in [-0.2, -0.15) is 13.2 Å². The summed E-state index contributed by atoms with van der Waals surface area (Å²) in [6, 6.07) is 4.40. The first-order valence-corrected chi connectivity index (χ1v) is 11.2. The van der Waals surface area contributed by atoms with Gasteiger partial charge < -0.3 is 24.8 Å². The van der Waals surface area contributed by atoms with E-state index in [1.165, 1.54) is 4.90 Å². The van der Waals surface area contributed by atoms with Crippen LogP contribution in [0.4, 0.5) is 23.7 Å². The van der Waals surface area contributed by atoms with Crippen molar-refractivity contribution in [3.63, 3.8) is 0 Å². The number of carbonyl (C=O) groups excluding carboxylic acids is 1. The molecule has 3 N–H and O–H groups in total. The molecule has 190 valence electrons. The Morgan fingerprint density at radius 3 is 2.69 bits per heavy atom. The summed E-state index contributed by atoms with van der Waals surface area (Å²) in [5.74, 6) is 0.0599. The summed E-state index contributed by atoms with van der Waals surface area (Å²) in [5, 5.41) is 28.3. The van der Waals surface area contributed by atoms with E-state index in [4.69, 9.17) is 21.1 Å². The molecule has 0 aliphatic carbocycles. The number of benzene rings is 1. The van der Waals surface area contributed by atoms with Gasteiger partial charge in [0, 0.05) is 25.0 Å². The first-order chi connectivity index (χ1) is 17.1. The third kappa shape index (κ3) is 5.50. The van der Waals surface area contributed by atoms with Crippen LogP contribution >= 0.6 is 11.6 Å². The number of aliphatic hydroxyl groups excluding tert-OH is 2. The lowest BCUT2D eigenvalue weighted by atomic mass is 10.00. The van der Waals surface area contributed by atoms with Crippen molar-refractivity contribution in [1.29, 1.82) is 0 Å². The minimum Gasteiger partial charge on any atom is -0.418 e. The molecule has 0 fully saturated rings. The summed E-state index contributed by atoms with van der Waals surface area (Å²) >= 11 is 5.72. The van der Waals surface area contributed by atoms with Crippen LogP contribution < -0.4 is 5.32 Å². The average Bonchev–Trinajstić information content (AvgIpc) is 3.33. The summed E-state index contributed by atoms with van der Waals surface area (Å²) in [4.78, 5) is 18.6. The number of amides is 2. The monoisotopic (exact) mass is 523 g/mol. The Bertz CT molecular complexity index is 1310. The standard InChI is InChI=1S/C23H21ClF3N5O4/c1-12-8-14(20-30-31-21(36-20)18(34)11-33)10-28-19(12)13-4-6-32(7-5-13)22(35)29-15-2-3-16(17(24)9-15)23(25,26)27/h2-4,8-10,18,33-34H,5-7,11H2,1H3,(H,29,35). The van der Waals surface area contributed by atoms with Gasteiger partial charge in [0.25, 0.3) is 0 Å². The number of nitrogens with zero attached hydrogens (tertiary/aromatic N) is 4. The molecule has 1 atom stereocenters. The normalized spacial score (nSPS) is 15.0. The van der Waals surface area contributed by atoms with Gasteiger partial charge in [-0.15, -0.1) is 10.2 Å². The van der Waals surface area contributed by atoms with Gasteiger partial charge in [-0.25, -0.2) is 4.79 Å². The number of hydrogen-bond acceptors (Lipinski definition) is 7. The van der Waals surface area contributed by atoms with Crippen LogP contribution in [-0.4, -0.2) is 56.0 Å². The lowest BCUT2D eigenvalue weighted by molar-refractivity contribution is -0.137. The van der Waals surface area contributed by atoms with Crippen molar-refractivity contribution in [2.75, 3.05) is 25.0 Å². The fraction of sp³-hybridized carbons (Fsp3) is 0.304. The number of rotatable bonds is 5. The largest absolute Gasteiger partial charge is 0.418 e. The number of urea groups is 1. The van der Waals surface area contributed by atoms with Gasteiger partial charge in [-0.1, -0.05) is 17.7 Å². The fourth-order valence-corrected chi connectivity index (χ4v) is 3.97. The molecule has 1 unspecified atom stereocenters. The predicted molar refractivity (Wildman–Crippen MR) is 124 cm³/mol. The van der Waals surface area contributed by atoms with Gasteiger partial charge >= 0.3 is 12.2 Å². The van der Waals surface area contributed by atoms with Gasteiger partial charge in [-0.05, 0) is 48.7 Å². The average molecular weight is 524 g/mol. The summed E-state index contributed by atoms with van der Waals surface area (Å²) in [5.41, 5.74) is 2.25. The Labute approximate surface area is 208 Å². The van der Waals surface area contributed by atoms with Crippen LogP contribution in [0.25, 0.3) is 17.0 Å². The SMILES string of the molecule is Cc1cc(-c2nnc(C(O)CO)o2)cnc1C1=CCN(C(=O)Nc2ccc(C(F)(F)F)c(Cl)c2)CC1. The summed E-state index contributed by atoms with van der Waals surface area (Å²) in [6.07, 6.45) is -1.90. The number of halogens is 4. The molecule has 9 nitrogen and oxygen atoms in total. The molecule has 1 aliphatic rings. The number of aromatic nitrogens is 3. The molecule has 1 aliphatic heterocycles. The Kier molecular flexibility index (Phi) is 7.29. The smallest absolute Gasteiger partial charge is 0.417 e. The van der Waals surface area contributed by atoms with Crippen molar-refractivity contribution in [2.45, 2.75) is 25.6 Å². The second-order valence-corrected chi connectivity index (χ2v) is 8.49. The van der Waals surface area contributed by atoms with Crippen LogP contribution in [-0.2, 0) is 6.18 Å². The number of alkyl halides is 3. The highest BCUT2D eigenvalue weighted by atomic mass is 35.5. The number of hydrogen-bond donors (Lipinski definition) is 3. The number of pyridine rings is 1. The molecule has 2 amide bonds. The molecule has 0 spiro atoms. The molecule has 0 bridgehead atoms. The van der Waals surface area contributed by atoms with Crippen molar-refractivity contribution in [1.82, 2.24) is 20.1 Å². The Morgan fingerprint density at radius 2 is 2.08 bits per heavy atom. The van der Waals surface area contributed by atoms with E-state index in [0.29, 0.717) is 18.5 Å². The van der Waals surface area contributed by atoms with E-state index in [9.17, 15) is 23.1 Å². The summed E-state index contributed by atoms with van der Waals surface area (Å²) in [7, 11) is 0. The van der Waals surface area contributed by atoms with E-state index in [2.05, 4.69) is 20.5 Å². The van der Waals surface area contributed by atoms with Crippen LogP contribution in [0.2, 0.25) is 5.02 Å². The molecule has 2 aromatic heterocycles. The van der Waals surface area contributed by atoms with Gasteiger partial charge in [0.05, 0.1) is 28.5 Å². The maximum atomic E-state index is 12.9. The van der Waals surface area contributed by atoms with Crippen LogP contribution in [0.3, 0.4) is 0 Å². The van der Waals surface area contributed by atoms with Crippen LogP contribution in [0.1, 0.15) is 35.2 Å². The molecule has 0 radical (unpaired) electrons. The van der Waals surface area contributed by atoms with Crippen LogP contribution in [0, 0.1) is 6.92 Å². The van der Waals surface area contributed by atoms with E-state index in [-0.39, 0.29) is 24.0 Å². The zero-order valence-corrected chi connectivity index (χ0v) is 19.6. The second kappa shape index (κ2) is 10.2. The number of aliphatic hydroxyl groups is 2. The lowest BCUT2D eigenvalue weighted by Gasteiger charge is -2.27. The van der Waals surface area contributed by atoms with Gasteiger partial charge in [0.15, 0.2) is 6.10 Å². The quantitative estimate of drug-likeness (QED) is 0.451. The van der Waals surface area contributed by atoms with Crippen molar-refractivity contribution in [3.8, 4) is 11.5 Å². The van der Waals surface area contributed by atoms with Gasteiger partial charge in [-0.3, -0.25) is 4.98 Å².